The highest BCUT2D eigenvalue weighted by atomic mass is 32.1. The van der Waals surface area contributed by atoms with Crippen LogP contribution < -0.4 is 16.2 Å². The topological polar surface area (TPSA) is 93.1 Å². The number of nitrogens with one attached hydrogen (secondary N) is 2. The van der Waals surface area contributed by atoms with Crippen molar-refractivity contribution in [2.45, 2.75) is 40.2 Å². The minimum absolute atomic E-state index is 0.215. The Hall–Kier alpha value is -3.85. The van der Waals surface area contributed by atoms with E-state index in [1.165, 1.54) is 17.0 Å². The third kappa shape index (κ3) is 5.14. The highest BCUT2D eigenvalue weighted by Gasteiger charge is 2.20. The van der Waals surface area contributed by atoms with Crippen LogP contribution in [0.25, 0.3) is 10.2 Å². The van der Waals surface area contributed by atoms with Crippen LogP contribution in [-0.2, 0) is 11.3 Å². The van der Waals surface area contributed by atoms with E-state index in [9.17, 15) is 18.8 Å². The van der Waals surface area contributed by atoms with Gasteiger partial charge in [0.2, 0.25) is 5.91 Å². The molecule has 180 valence electrons. The number of halogens is 1. The van der Waals surface area contributed by atoms with E-state index >= 15 is 0 Å². The summed E-state index contributed by atoms with van der Waals surface area (Å²) in [4.78, 5) is 43.5. The van der Waals surface area contributed by atoms with Crippen LogP contribution in [0.5, 0.6) is 0 Å². The van der Waals surface area contributed by atoms with Crippen molar-refractivity contribution in [2.75, 3.05) is 10.6 Å². The number of anilines is 2. The maximum Gasteiger partial charge on any atom is 0.266 e. The molecule has 0 saturated carbocycles. The van der Waals surface area contributed by atoms with Crippen LogP contribution >= 0.6 is 11.3 Å². The van der Waals surface area contributed by atoms with Crippen molar-refractivity contribution in [1.29, 1.82) is 0 Å². The van der Waals surface area contributed by atoms with Gasteiger partial charge >= 0.3 is 0 Å². The second kappa shape index (κ2) is 9.79. The second-order valence-electron chi connectivity index (χ2n) is 8.66. The first-order chi connectivity index (χ1) is 16.6. The Morgan fingerprint density at radius 2 is 1.74 bits per heavy atom. The molecule has 2 aromatic carbocycles. The molecule has 2 aromatic heterocycles. The van der Waals surface area contributed by atoms with Gasteiger partial charge in [-0.15, -0.1) is 11.3 Å². The normalized spacial score (nSPS) is 11.1. The number of hydrogen-bond acceptors (Lipinski definition) is 5. The van der Waals surface area contributed by atoms with Crippen molar-refractivity contribution in [3.05, 3.63) is 86.5 Å². The first kappa shape index (κ1) is 24.3. The van der Waals surface area contributed by atoms with Crippen LogP contribution in [-0.4, -0.2) is 21.4 Å². The third-order valence-corrected chi connectivity index (χ3v) is 6.93. The molecule has 2 heterocycles. The zero-order chi connectivity index (χ0) is 25.3. The number of aromatic nitrogens is 2. The first-order valence-corrected chi connectivity index (χ1v) is 11.9. The molecular formula is C26H25FN4O3S. The molecule has 0 aliphatic rings. The number of fused-ring (bicyclic) bond motifs is 1. The molecule has 7 nitrogen and oxygen atoms in total. The summed E-state index contributed by atoms with van der Waals surface area (Å²) in [5.41, 5.74) is 2.65. The summed E-state index contributed by atoms with van der Waals surface area (Å²) in [6, 6.07) is 12.0. The van der Waals surface area contributed by atoms with Gasteiger partial charge in [-0.2, -0.15) is 0 Å². The van der Waals surface area contributed by atoms with Crippen LogP contribution in [0.3, 0.4) is 0 Å². The zero-order valence-corrected chi connectivity index (χ0v) is 20.6. The first-order valence-electron chi connectivity index (χ1n) is 11.1. The highest BCUT2D eigenvalue weighted by molar-refractivity contribution is 7.20. The average molecular weight is 493 g/mol. The Kier molecular flexibility index (Phi) is 6.79. The van der Waals surface area contributed by atoms with Gasteiger partial charge in [0, 0.05) is 11.4 Å². The number of carbonyl (C=O) groups is 2. The second-order valence-corrected chi connectivity index (χ2v) is 9.66. The molecule has 0 aliphatic heterocycles. The quantitative estimate of drug-likeness (QED) is 0.386. The van der Waals surface area contributed by atoms with Gasteiger partial charge in [-0.3, -0.25) is 19.0 Å². The van der Waals surface area contributed by atoms with Crippen molar-refractivity contribution in [2.24, 2.45) is 0 Å². The molecule has 9 heteroatoms. The number of thiophene rings is 1. The fourth-order valence-electron chi connectivity index (χ4n) is 3.65. The number of amides is 2. The zero-order valence-electron chi connectivity index (χ0n) is 19.8. The minimum atomic E-state index is -0.456. The lowest BCUT2D eigenvalue weighted by Gasteiger charge is -2.09. The van der Waals surface area contributed by atoms with Gasteiger partial charge in [0.15, 0.2) is 0 Å². The van der Waals surface area contributed by atoms with E-state index in [0.29, 0.717) is 38.1 Å². The molecule has 35 heavy (non-hydrogen) atoms. The summed E-state index contributed by atoms with van der Waals surface area (Å²) in [7, 11) is 0. The Bertz CT molecular complexity index is 1490. The molecule has 0 bridgehead atoms. The summed E-state index contributed by atoms with van der Waals surface area (Å²) < 4.78 is 15.1. The molecular weight excluding hydrogens is 467 g/mol. The molecule has 0 radical (unpaired) electrons. The van der Waals surface area contributed by atoms with Gasteiger partial charge in [-0.05, 0) is 60.7 Å². The van der Waals surface area contributed by atoms with Crippen molar-refractivity contribution in [3.8, 4) is 0 Å². The number of rotatable bonds is 6. The summed E-state index contributed by atoms with van der Waals surface area (Å²) in [5.74, 6) is -0.857. The lowest BCUT2D eigenvalue weighted by molar-refractivity contribution is -0.116. The van der Waals surface area contributed by atoms with Crippen LogP contribution in [0.4, 0.5) is 15.8 Å². The third-order valence-electron chi connectivity index (χ3n) is 5.73. The highest BCUT2D eigenvalue weighted by Crippen LogP contribution is 2.28. The number of carbonyl (C=O) groups excluding carboxylic acids is 2. The summed E-state index contributed by atoms with van der Waals surface area (Å²) in [6.45, 7) is 7.26. The summed E-state index contributed by atoms with van der Waals surface area (Å²) in [6.07, 6.45) is 1.30. The number of nitrogens with zero attached hydrogens (tertiary/aromatic N) is 2. The van der Waals surface area contributed by atoms with Gasteiger partial charge in [0.1, 0.15) is 17.2 Å². The van der Waals surface area contributed by atoms with Gasteiger partial charge in [0.05, 0.1) is 16.6 Å². The minimum Gasteiger partial charge on any atom is -0.325 e. The molecule has 0 unspecified atom stereocenters. The van der Waals surface area contributed by atoms with E-state index < -0.39 is 17.3 Å². The van der Waals surface area contributed by atoms with Crippen molar-refractivity contribution in [1.82, 2.24) is 9.55 Å². The lowest BCUT2D eigenvalue weighted by Crippen LogP contribution is -2.28. The van der Waals surface area contributed by atoms with Gasteiger partial charge in [-0.1, -0.05) is 32.0 Å². The largest absolute Gasteiger partial charge is 0.325 e. The molecule has 2 amide bonds. The molecule has 0 aliphatic carbocycles. The summed E-state index contributed by atoms with van der Waals surface area (Å²) >= 11 is 1.08. The van der Waals surface area contributed by atoms with Gasteiger partial charge < -0.3 is 10.6 Å². The fraction of sp³-hybridized carbons (Fsp3) is 0.231. The van der Waals surface area contributed by atoms with E-state index in [1.54, 1.807) is 26.0 Å². The van der Waals surface area contributed by atoms with Crippen LogP contribution in [0.2, 0.25) is 0 Å². The Balaban J connectivity index is 1.54. The van der Waals surface area contributed by atoms with Crippen molar-refractivity contribution >= 4 is 44.7 Å². The maximum absolute atomic E-state index is 13.8. The molecule has 0 fully saturated rings. The van der Waals surface area contributed by atoms with Crippen molar-refractivity contribution in [3.63, 3.8) is 0 Å². The van der Waals surface area contributed by atoms with Crippen molar-refractivity contribution < 1.29 is 14.0 Å². The number of benzene rings is 2. The SMILES string of the molecule is Cc1ccc(NC(=O)c2sc3ncn(CC(=O)Nc4ccc(C(C)C)cc4)c(=O)c3c2C)cc1F. The van der Waals surface area contributed by atoms with E-state index in [-0.39, 0.29) is 17.8 Å². The van der Waals surface area contributed by atoms with Gasteiger partial charge in [-0.25, -0.2) is 9.37 Å². The van der Waals surface area contributed by atoms with E-state index in [0.717, 1.165) is 16.9 Å². The number of hydrogen-bond donors (Lipinski definition) is 2. The average Bonchev–Trinajstić information content (AvgIpc) is 3.15. The molecule has 0 spiro atoms. The predicted molar refractivity (Wildman–Crippen MR) is 137 cm³/mol. The molecule has 4 aromatic rings. The Morgan fingerprint density at radius 3 is 2.40 bits per heavy atom. The maximum atomic E-state index is 13.8. The molecule has 0 atom stereocenters. The van der Waals surface area contributed by atoms with Crippen LogP contribution in [0.15, 0.2) is 53.6 Å². The van der Waals surface area contributed by atoms with Crippen LogP contribution in [0.1, 0.15) is 46.1 Å². The molecule has 4 rings (SSSR count). The summed E-state index contributed by atoms with van der Waals surface area (Å²) in [5, 5.41) is 5.73. The Morgan fingerprint density at radius 1 is 1.06 bits per heavy atom. The van der Waals surface area contributed by atoms with Gasteiger partial charge in [0.25, 0.3) is 11.5 Å². The van der Waals surface area contributed by atoms with E-state index in [4.69, 9.17) is 0 Å². The predicted octanol–water partition coefficient (Wildman–Crippen LogP) is 5.23. The van der Waals surface area contributed by atoms with E-state index in [2.05, 4.69) is 29.5 Å². The monoisotopic (exact) mass is 492 g/mol. The molecule has 0 saturated heterocycles. The fourth-order valence-corrected chi connectivity index (χ4v) is 4.69. The standard InChI is InChI=1S/C26H25FN4O3S/c1-14(2)17-6-9-18(10-7-17)29-21(32)12-31-13-28-25-22(26(31)34)16(4)23(35-25)24(33)30-19-8-5-15(3)20(27)11-19/h5-11,13-14H,12H2,1-4H3,(H,29,32)(H,30,33). The lowest BCUT2D eigenvalue weighted by atomic mass is 10.0. The smallest absolute Gasteiger partial charge is 0.266 e. The molecule has 2 N–H and O–H groups in total. The number of aryl methyl sites for hydroxylation is 2. The van der Waals surface area contributed by atoms with E-state index in [1.807, 2.05) is 24.3 Å². The Labute approximate surface area is 205 Å². The van der Waals surface area contributed by atoms with Crippen LogP contribution in [0, 0.1) is 19.7 Å².